The second-order valence-electron chi connectivity index (χ2n) is 5.80. The van der Waals surface area contributed by atoms with Crippen LogP contribution in [0.2, 0.25) is 0 Å². The predicted octanol–water partition coefficient (Wildman–Crippen LogP) is 0.760. The summed E-state index contributed by atoms with van der Waals surface area (Å²) >= 11 is 0. The van der Waals surface area contributed by atoms with E-state index in [0.717, 1.165) is 25.8 Å². The normalized spacial score (nSPS) is 21.2. The Morgan fingerprint density at radius 2 is 2.00 bits per heavy atom. The van der Waals surface area contributed by atoms with Crippen LogP contribution >= 0.6 is 0 Å². The molecule has 1 heterocycles. The zero-order valence-corrected chi connectivity index (χ0v) is 11.7. The van der Waals surface area contributed by atoms with Crippen LogP contribution < -0.4 is 5.32 Å². The number of carbonyl (C=O) groups excluding carboxylic acids is 2. The van der Waals surface area contributed by atoms with Crippen molar-refractivity contribution < 1.29 is 19.5 Å². The molecule has 0 atom stereocenters. The summed E-state index contributed by atoms with van der Waals surface area (Å²) in [6.45, 7) is 1.68. The Kier molecular flexibility index (Phi) is 4.62. The Bertz CT molecular complexity index is 404. The van der Waals surface area contributed by atoms with Crippen LogP contribution in [0.5, 0.6) is 0 Å². The first-order valence-corrected chi connectivity index (χ1v) is 7.31. The van der Waals surface area contributed by atoms with E-state index < -0.39 is 11.4 Å². The molecule has 1 aliphatic carbocycles. The molecule has 0 aromatic heterocycles. The average Bonchev–Trinajstić information content (AvgIpc) is 2.36. The summed E-state index contributed by atoms with van der Waals surface area (Å²) < 4.78 is 0. The van der Waals surface area contributed by atoms with Crippen LogP contribution in [0.1, 0.15) is 44.9 Å². The molecule has 1 aliphatic heterocycles. The topological polar surface area (TPSA) is 86.7 Å². The summed E-state index contributed by atoms with van der Waals surface area (Å²) in [5.41, 5.74) is -0.842. The summed E-state index contributed by atoms with van der Waals surface area (Å²) in [4.78, 5) is 36.3. The van der Waals surface area contributed by atoms with Gasteiger partial charge in [0.25, 0.3) is 0 Å². The fourth-order valence-electron chi connectivity index (χ4n) is 2.87. The zero-order valence-electron chi connectivity index (χ0n) is 11.7. The van der Waals surface area contributed by atoms with Crippen LogP contribution in [0.25, 0.3) is 0 Å². The first-order chi connectivity index (χ1) is 9.53. The van der Waals surface area contributed by atoms with Crippen molar-refractivity contribution in [1.82, 2.24) is 10.2 Å². The lowest BCUT2D eigenvalue weighted by Crippen LogP contribution is -2.45. The number of carbonyl (C=O) groups is 3. The highest BCUT2D eigenvalue weighted by molar-refractivity contribution is 5.85. The smallest absolute Gasteiger partial charge is 0.310 e. The quantitative estimate of drug-likeness (QED) is 0.753. The molecule has 2 amide bonds. The van der Waals surface area contributed by atoms with Crippen molar-refractivity contribution in [3.8, 4) is 0 Å². The Balaban J connectivity index is 1.70. The molecule has 2 aliphatic rings. The lowest BCUT2D eigenvalue weighted by atomic mass is 9.66. The Morgan fingerprint density at radius 3 is 2.55 bits per heavy atom. The van der Waals surface area contributed by atoms with E-state index >= 15 is 0 Å². The van der Waals surface area contributed by atoms with Crippen molar-refractivity contribution in [3.05, 3.63) is 0 Å². The monoisotopic (exact) mass is 282 g/mol. The minimum absolute atomic E-state index is 0.0519. The number of aliphatic carboxylic acids is 1. The molecule has 0 aromatic rings. The Morgan fingerprint density at radius 1 is 1.25 bits per heavy atom. The minimum Gasteiger partial charge on any atom is -0.481 e. The predicted molar refractivity (Wildman–Crippen MR) is 72.0 cm³/mol. The maximum absolute atomic E-state index is 11.8. The lowest BCUT2D eigenvalue weighted by Gasteiger charge is -2.37. The van der Waals surface area contributed by atoms with E-state index in [4.69, 9.17) is 5.11 Å². The van der Waals surface area contributed by atoms with Crippen LogP contribution in [0.3, 0.4) is 0 Å². The molecule has 0 spiro atoms. The molecule has 20 heavy (non-hydrogen) atoms. The number of rotatable bonds is 6. The lowest BCUT2D eigenvalue weighted by molar-refractivity contribution is -0.157. The van der Waals surface area contributed by atoms with Crippen molar-refractivity contribution in [2.24, 2.45) is 5.41 Å². The van der Waals surface area contributed by atoms with Crippen molar-refractivity contribution in [2.45, 2.75) is 44.9 Å². The average molecular weight is 282 g/mol. The molecule has 6 nitrogen and oxygen atoms in total. The molecule has 2 fully saturated rings. The third-order valence-corrected chi connectivity index (χ3v) is 4.39. The van der Waals surface area contributed by atoms with Crippen LogP contribution in [-0.4, -0.2) is 47.4 Å². The van der Waals surface area contributed by atoms with Crippen LogP contribution in [0.4, 0.5) is 0 Å². The van der Waals surface area contributed by atoms with Gasteiger partial charge in [-0.15, -0.1) is 0 Å². The first-order valence-electron chi connectivity index (χ1n) is 7.31. The molecule has 0 aromatic carbocycles. The number of nitrogens with one attached hydrogen (secondary N) is 1. The van der Waals surface area contributed by atoms with Crippen LogP contribution in [-0.2, 0) is 14.4 Å². The molecule has 1 saturated carbocycles. The van der Waals surface area contributed by atoms with Gasteiger partial charge in [0.2, 0.25) is 11.8 Å². The van der Waals surface area contributed by atoms with Gasteiger partial charge >= 0.3 is 5.97 Å². The van der Waals surface area contributed by atoms with E-state index in [1.54, 1.807) is 4.90 Å². The van der Waals surface area contributed by atoms with Gasteiger partial charge in [0, 0.05) is 32.5 Å². The van der Waals surface area contributed by atoms with E-state index in [2.05, 4.69) is 5.32 Å². The summed E-state index contributed by atoms with van der Waals surface area (Å²) in [6, 6.07) is 0. The second-order valence-corrected chi connectivity index (χ2v) is 5.80. The third-order valence-electron chi connectivity index (χ3n) is 4.39. The highest BCUT2D eigenvalue weighted by atomic mass is 16.4. The number of likely N-dealkylation sites (tertiary alicyclic amines) is 1. The maximum Gasteiger partial charge on any atom is 0.310 e. The zero-order chi connectivity index (χ0) is 14.6. The van der Waals surface area contributed by atoms with Crippen LogP contribution in [0.15, 0.2) is 0 Å². The maximum atomic E-state index is 11.8. The molecule has 0 bridgehead atoms. The van der Waals surface area contributed by atoms with Gasteiger partial charge in [0.15, 0.2) is 0 Å². The molecule has 0 radical (unpaired) electrons. The van der Waals surface area contributed by atoms with Gasteiger partial charge in [-0.3, -0.25) is 14.4 Å². The minimum atomic E-state index is -0.870. The van der Waals surface area contributed by atoms with Gasteiger partial charge in [-0.1, -0.05) is 6.42 Å². The number of piperidine rings is 1. The number of hydrogen-bond acceptors (Lipinski definition) is 3. The van der Waals surface area contributed by atoms with Gasteiger partial charge < -0.3 is 15.3 Å². The van der Waals surface area contributed by atoms with Gasteiger partial charge in [-0.2, -0.15) is 0 Å². The molecule has 2 N–H and O–H groups in total. The number of carboxylic acid groups (broad SMARTS) is 1. The van der Waals surface area contributed by atoms with Gasteiger partial charge in [-0.05, 0) is 25.7 Å². The van der Waals surface area contributed by atoms with Gasteiger partial charge in [0.05, 0.1) is 5.41 Å². The van der Waals surface area contributed by atoms with E-state index in [1.807, 2.05) is 0 Å². The SMILES string of the molecule is O=C(CC1(C(=O)O)CCC1)NCCN1CCCCC1=O. The molecule has 0 unspecified atom stereocenters. The number of carboxylic acids is 1. The molecular weight excluding hydrogens is 260 g/mol. The van der Waals surface area contributed by atoms with Crippen molar-refractivity contribution in [3.63, 3.8) is 0 Å². The molecular formula is C14H22N2O4. The number of amides is 2. The van der Waals surface area contributed by atoms with Crippen molar-refractivity contribution in [2.75, 3.05) is 19.6 Å². The summed E-state index contributed by atoms with van der Waals surface area (Å²) in [6.07, 6.45) is 4.65. The molecule has 6 heteroatoms. The first kappa shape index (κ1) is 14.8. The highest BCUT2D eigenvalue weighted by Gasteiger charge is 2.45. The highest BCUT2D eigenvalue weighted by Crippen LogP contribution is 2.44. The Hall–Kier alpha value is -1.59. The van der Waals surface area contributed by atoms with Crippen LogP contribution in [0, 0.1) is 5.41 Å². The van der Waals surface area contributed by atoms with E-state index in [0.29, 0.717) is 32.4 Å². The number of nitrogens with zero attached hydrogens (tertiary/aromatic N) is 1. The third kappa shape index (κ3) is 3.29. The van der Waals surface area contributed by atoms with Gasteiger partial charge in [-0.25, -0.2) is 0 Å². The molecule has 112 valence electrons. The van der Waals surface area contributed by atoms with Crippen molar-refractivity contribution in [1.29, 1.82) is 0 Å². The molecule has 1 saturated heterocycles. The van der Waals surface area contributed by atoms with Crippen molar-refractivity contribution >= 4 is 17.8 Å². The largest absolute Gasteiger partial charge is 0.481 e. The fourth-order valence-corrected chi connectivity index (χ4v) is 2.87. The standard InChI is InChI=1S/C14H22N2O4/c17-11(10-14(13(19)20)5-3-6-14)15-7-9-16-8-2-1-4-12(16)18/h1-10H2,(H,15,17)(H,19,20). The van der Waals surface area contributed by atoms with E-state index in [9.17, 15) is 14.4 Å². The fraction of sp³-hybridized carbons (Fsp3) is 0.786. The summed E-state index contributed by atoms with van der Waals surface area (Å²) in [5, 5.41) is 11.9. The van der Waals surface area contributed by atoms with E-state index in [-0.39, 0.29) is 18.2 Å². The summed E-state index contributed by atoms with van der Waals surface area (Å²) in [7, 11) is 0. The Labute approximate surface area is 118 Å². The van der Waals surface area contributed by atoms with Gasteiger partial charge in [0.1, 0.15) is 0 Å². The van der Waals surface area contributed by atoms with E-state index in [1.165, 1.54) is 0 Å². The summed E-state index contributed by atoms with van der Waals surface area (Å²) in [5.74, 6) is -0.951. The number of hydrogen-bond donors (Lipinski definition) is 2. The molecule has 2 rings (SSSR count). The second kappa shape index (κ2) is 6.24.